The van der Waals surface area contributed by atoms with E-state index in [4.69, 9.17) is 5.73 Å². The minimum Gasteiger partial charge on any atom is -0.481 e. The molecule has 29 heavy (non-hydrogen) atoms. The molecule has 3 unspecified atom stereocenters. The third-order valence-corrected chi connectivity index (χ3v) is 7.51. The zero-order valence-electron chi connectivity index (χ0n) is 17.4. The Kier molecular flexibility index (Phi) is 11.2. The maximum atomic E-state index is 13.0. The van der Waals surface area contributed by atoms with Gasteiger partial charge in [0.2, 0.25) is 13.3 Å². The monoisotopic (exact) mass is 426 g/mol. The van der Waals surface area contributed by atoms with Crippen molar-refractivity contribution in [1.29, 1.82) is 0 Å². The van der Waals surface area contributed by atoms with Gasteiger partial charge in [-0.3, -0.25) is 14.2 Å². The number of carbonyl (C=O) groups is 2. The van der Waals surface area contributed by atoms with Gasteiger partial charge in [0.15, 0.2) is 0 Å². The van der Waals surface area contributed by atoms with E-state index >= 15 is 0 Å². The van der Waals surface area contributed by atoms with Gasteiger partial charge < -0.3 is 21.1 Å². The quantitative estimate of drug-likeness (QED) is 0.267. The SMILES string of the molecule is CC(C)C(NC(=O)CCc1ccccc1)P(=O)(O)CC(CCCCCN)C(=O)O. The molecule has 0 saturated carbocycles. The highest BCUT2D eigenvalue weighted by molar-refractivity contribution is 7.58. The number of unbranched alkanes of at least 4 members (excludes halogenated alkanes) is 2. The molecule has 5 N–H and O–H groups in total. The Labute approximate surface area is 173 Å². The average molecular weight is 426 g/mol. The number of aliphatic carboxylic acids is 1. The third kappa shape index (κ3) is 9.57. The lowest BCUT2D eigenvalue weighted by Gasteiger charge is -2.29. The number of nitrogens with two attached hydrogens (primary N) is 1. The summed E-state index contributed by atoms with van der Waals surface area (Å²) in [5.74, 6) is -3.55. The molecule has 1 amide bonds. The molecule has 3 atom stereocenters. The number of carboxylic acids is 1. The Hall–Kier alpha value is -1.69. The maximum absolute atomic E-state index is 13.0. The lowest BCUT2D eigenvalue weighted by molar-refractivity contribution is -0.141. The van der Waals surface area contributed by atoms with E-state index < -0.39 is 25.0 Å². The second-order valence-corrected chi connectivity index (χ2v) is 10.3. The van der Waals surface area contributed by atoms with Crippen molar-refractivity contribution in [3.8, 4) is 0 Å². The van der Waals surface area contributed by atoms with Crippen LogP contribution in [0.4, 0.5) is 0 Å². The van der Waals surface area contributed by atoms with Crippen LogP contribution in [0, 0.1) is 11.8 Å². The fourth-order valence-electron chi connectivity index (χ4n) is 3.31. The van der Waals surface area contributed by atoms with Gasteiger partial charge in [0, 0.05) is 12.6 Å². The number of benzene rings is 1. The van der Waals surface area contributed by atoms with Crippen molar-refractivity contribution >= 4 is 19.2 Å². The molecule has 1 rings (SSSR count). The highest BCUT2D eigenvalue weighted by Crippen LogP contribution is 2.50. The summed E-state index contributed by atoms with van der Waals surface area (Å²) in [6.45, 7) is 4.05. The molecule has 7 nitrogen and oxygen atoms in total. The van der Waals surface area contributed by atoms with E-state index in [-0.39, 0.29) is 24.4 Å². The number of hydrogen-bond acceptors (Lipinski definition) is 4. The number of rotatable bonds is 14. The highest BCUT2D eigenvalue weighted by Gasteiger charge is 2.38. The van der Waals surface area contributed by atoms with E-state index in [0.717, 1.165) is 18.4 Å². The molecule has 8 heteroatoms. The molecule has 0 heterocycles. The topological polar surface area (TPSA) is 130 Å². The number of carboxylic acid groups (broad SMARTS) is 1. The van der Waals surface area contributed by atoms with Gasteiger partial charge >= 0.3 is 5.97 Å². The first-order valence-corrected chi connectivity index (χ1v) is 12.2. The Balaban J connectivity index is 2.71. The van der Waals surface area contributed by atoms with Gasteiger partial charge in [-0.15, -0.1) is 0 Å². The molecule has 0 fully saturated rings. The maximum Gasteiger partial charge on any atom is 0.307 e. The van der Waals surface area contributed by atoms with Crippen molar-refractivity contribution in [3.63, 3.8) is 0 Å². The van der Waals surface area contributed by atoms with E-state index in [9.17, 15) is 24.2 Å². The van der Waals surface area contributed by atoms with Gasteiger partial charge in [-0.25, -0.2) is 0 Å². The summed E-state index contributed by atoms with van der Waals surface area (Å²) in [4.78, 5) is 34.6. The molecule has 0 aliphatic rings. The largest absolute Gasteiger partial charge is 0.481 e. The molecular formula is C21H35N2O5P. The van der Waals surface area contributed by atoms with Gasteiger partial charge in [0.05, 0.1) is 5.92 Å². The summed E-state index contributed by atoms with van der Waals surface area (Å²) in [6.07, 6.45) is 2.96. The molecule has 0 bridgehead atoms. The van der Waals surface area contributed by atoms with Crippen LogP contribution in [0.2, 0.25) is 0 Å². The van der Waals surface area contributed by atoms with Crippen LogP contribution in [0.1, 0.15) is 51.5 Å². The molecule has 0 saturated heterocycles. The zero-order chi connectivity index (χ0) is 21.9. The number of nitrogens with one attached hydrogen (secondary N) is 1. The average Bonchev–Trinajstić information content (AvgIpc) is 2.67. The predicted molar refractivity (Wildman–Crippen MR) is 115 cm³/mol. The van der Waals surface area contributed by atoms with Crippen LogP contribution in [0.25, 0.3) is 0 Å². The molecule has 0 aliphatic carbocycles. The Bertz CT molecular complexity index is 681. The first kappa shape index (κ1) is 25.3. The van der Waals surface area contributed by atoms with Crippen molar-refractivity contribution in [2.45, 2.75) is 58.2 Å². The van der Waals surface area contributed by atoms with Crippen LogP contribution >= 0.6 is 7.37 Å². The molecule has 0 spiro atoms. The Morgan fingerprint density at radius 2 is 1.79 bits per heavy atom. The fraction of sp³-hybridized carbons (Fsp3) is 0.619. The van der Waals surface area contributed by atoms with Crippen molar-refractivity contribution in [3.05, 3.63) is 35.9 Å². The summed E-state index contributed by atoms with van der Waals surface area (Å²) in [6, 6.07) is 9.53. The molecule has 164 valence electrons. The standard InChI is InChI=1S/C21H35N2O5P/c1-16(2)20(23-19(24)13-12-17-9-5-3-6-10-17)29(27,28)15-18(21(25)26)11-7-4-8-14-22/h3,5-6,9-10,16,18,20H,4,7-8,11-15,22H2,1-2H3,(H,23,24)(H,25,26)(H,27,28). The van der Waals surface area contributed by atoms with Gasteiger partial charge in [-0.1, -0.05) is 57.0 Å². The van der Waals surface area contributed by atoms with E-state index in [0.29, 0.717) is 25.8 Å². The minimum atomic E-state index is -3.91. The molecule has 0 radical (unpaired) electrons. The smallest absolute Gasteiger partial charge is 0.307 e. The van der Waals surface area contributed by atoms with Gasteiger partial charge in [0.25, 0.3) is 0 Å². The highest BCUT2D eigenvalue weighted by atomic mass is 31.2. The van der Waals surface area contributed by atoms with Crippen molar-refractivity contribution in [1.82, 2.24) is 5.32 Å². The zero-order valence-corrected chi connectivity index (χ0v) is 18.3. The Morgan fingerprint density at radius 1 is 1.14 bits per heavy atom. The van der Waals surface area contributed by atoms with Crippen LogP contribution in [-0.4, -0.2) is 40.4 Å². The molecule has 1 aromatic rings. The second-order valence-electron chi connectivity index (χ2n) is 7.85. The van der Waals surface area contributed by atoms with Crippen molar-refractivity contribution < 1.29 is 24.2 Å². The second kappa shape index (κ2) is 12.8. The van der Waals surface area contributed by atoms with E-state index in [1.807, 2.05) is 30.3 Å². The number of carbonyl (C=O) groups excluding carboxylic acids is 1. The molecule has 0 aromatic heterocycles. The minimum absolute atomic E-state index is 0.203. The number of amides is 1. The lowest BCUT2D eigenvalue weighted by Crippen LogP contribution is -2.40. The van der Waals surface area contributed by atoms with Crippen molar-refractivity contribution in [2.24, 2.45) is 17.6 Å². The predicted octanol–water partition coefficient (Wildman–Crippen LogP) is 3.21. The normalized spacial score (nSPS) is 15.5. The van der Waals surface area contributed by atoms with Crippen LogP contribution in [0.3, 0.4) is 0 Å². The summed E-state index contributed by atoms with van der Waals surface area (Å²) < 4.78 is 13.0. The van der Waals surface area contributed by atoms with E-state index in [2.05, 4.69) is 5.32 Å². The van der Waals surface area contributed by atoms with Crippen molar-refractivity contribution in [2.75, 3.05) is 12.7 Å². The summed E-state index contributed by atoms with van der Waals surface area (Å²) >= 11 is 0. The van der Waals surface area contributed by atoms with Gasteiger partial charge in [-0.05, 0) is 37.3 Å². The van der Waals surface area contributed by atoms with Gasteiger partial charge in [0.1, 0.15) is 5.78 Å². The van der Waals surface area contributed by atoms with Crippen LogP contribution in [0.15, 0.2) is 30.3 Å². The first-order valence-electron chi connectivity index (χ1n) is 10.2. The Morgan fingerprint density at radius 3 is 2.34 bits per heavy atom. The molecule has 1 aromatic carbocycles. The van der Waals surface area contributed by atoms with Crippen LogP contribution in [-0.2, 0) is 20.6 Å². The van der Waals surface area contributed by atoms with Crippen LogP contribution < -0.4 is 11.1 Å². The third-order valence-electron chi connectivity index (χ3n) is 4.95. The van der Waals surface area contributed by atoms with E-state index in [1.54, 1.807) is 13.8 Å². The summed E-state index contributed by atoms with van der Waals surface area (Å²) in [7, 11) is -3.91. The lowest BCUT2D eigenvalue weighted by atomic mass is 10.0. The molecular weight excluding hydrogens is 391 g/mol. The summed E-state index contributed by atoms with van der Waals surface area (Å²) in [5, 5.41) is 12.1. The molecule has 0 aliphatic heterocycles. The number of aryl methyl sites for hydroxylation is 1. The first-order chi connectivity index (χ1) is 13.7. The fourth-order valence-corrected chi connectivity index (χ4v) is 5.78. The summed E-state index contributed by atoms with van der Waals surface area (Å²) in [5.41, 5.74) is 6.46. The number of hydrogen-bond donors (Lipinski definition) is 4. The van der Waals surface area contributed by atoms with Crippen LogP contribution in [0.5, 0.6) is 0 Å². The van der Waals surface area contributed by atoms with Gasteiger partial charge in [-0.2, -0.15) is 0 Å². The van der Waals surface area contributed by atoms with E-state index in [1.165, 1.54) is 0 Å².